The van der Waals surface area contributed by atoms with Crippen LogP contribution in [0, 0.1) is 0 Å². The van der Waals surface area contributed by atoms with Gasteiger partial charge >= 0.3 is 0 Å². The Morgan fingerprint density at radius 2 is 1.95 bits per heavy atom. The molecule has 0 aliphatic carbocycles. The maximum absolute atomic E-state index is 11.9. The van der Waals surface area contributed by atoms with Crippen LogP contribution >= 0.6 is 12.4 Å². The average Bonchev–Trinajstić information content (AvgIpc) is 2.42. The molecule has 0 aliphatic heterocycles. The van der Waals surface area contributed by atoms with E-state index in [0.717, 1.165) is 11.9 Å². The molecule has 2 N–H and O–H groups in total. The Morgan fingerprint density at radius 1 is 1.29 bits per heavy atom. The maximum Gasteiger partial charge on any atom is 0.272 e. The van der Waals surface area contributed by atoms with Gasteiger partial charge in [0.15, 0.2) is 0 Å². The molecule has 7 heteroatoms. The molecule has 0 fully saturated rings. The van der Waals surface area contributed by atoms with E-state index in [1.165, 1.54) is 0 Å². The number of amides is 1. The number of aromatic amines is 1. The van der Waals surface area contributed by atoms with Gasteiger partial charge in [-0.2, -0.15) is 5.10 Å². The van der Waals surface area contributed by atoms with Crippen molar-refractivity contribution in [2.75, 3.05) is 27.2 Å². The minimum Gasteiger partial charge on any atom is -0.354 e. The summed E-state index contributed by atoms with van der Waals surface area (Å²) in [5.74, 6) is -0.100. The van der Waals surface area contributed by atoms with Crippen molar-refractivity contribution >= 4 is 29.1 Å². The third-order valence-electron chi connectivity index (χ3n) is 2.98. The molecule has 0 bridgehead atoms. The van der Waals surface area contributed by atoms with Crippen molar-refractivity contribution in [1.82, 2.24) is 20.4 Å². The van der Waals surface area contributed by atoms with Gasteiger partial charge in [-0.3, -0.25) is 9.59 Å². The summed E-state index contributed by atoms with van der Waals surface area (Å²) < 4.78 is 0. The molecule has 0 atom stereocenters. The molecule has 0 saturated heterocycles. The van der Waals surface area contributed by atoms with Crippen LogP contribution in [0.1, 0.15) is 5.69 Å². The number of carbonyl (C=O) groups is 1. The number of H-pyrrole nitrogens is 1. The number of halogens is 1. The Bertz CT molecular complexity index is 669. The summed E-state index contributed by atoms with van der Waals surface area (Å²) in [4.78, 5) is 25.5. The summed E-state index contributed by atoms with van der Waals surface area (Å²) in [5.41, 5.74) is 0.347. The number of hydrogen-bond donors (Lipinski definition) is 2. The first-order chi connectivity index (χ1) is 9.58. The number of nitrogens with zero attached hydrogens (tertiary/aromatic N) is 2. The number of aromatic nitrogens is 2. The second-order valence-electron chi connectivity index (χ2n) is 4.88. The van der Waals surface area contributed by atoms with E-state index in [-0.39, 0.29) is 30.3 Å². The second-order valence-corrected chi connectivity index (χ2v) is 4.88. The molecule has 2 rings (SSSR count). The fourth-order valence-electron chi connectivity index (χ4n) is 1.94. The molecule has 1 aromatic carbocycles. The first-order valence-corrected chi connectivity index (χ1v) is 6.45. The lowest BCUT2D eigenvalue weighted by Gasteiger charge is -2.10. The van der Waals surface area contributed by atoms with Gasteiger partial charge < -0.3 is 10.2 Å². The Morgan fingerprint density at radius 3 is 2.62 bits per heavy atom. The molecular formula is C14H19ClN4O2. The summed E-state index contributed by atoms with van der Waals surface area (Å²) in [6, 6.07) is 7.15. The lowest BCUT2D eigenvalue weighted by atomic mass is 10.1. The largest absolute Gasteiger partial charge is 0.354 e. The van der Waals surface area contributed by atoms with Gasteiger partial charge in [0.1, 0.15) is 0 Å². The zero-order valence-corrected chi connectivity index (χ0v) is 12.9. The van der Waals surface area contributed by atoms with Gasteiger partial charge in [-0.1, -0.05) is 18.2 Å². The van der Waals surface area contributed by atoms with Gasteiger partial charge in [-0.05, 0) is 20.2 Å². The van der Waals surface area contributed by atoms with Gasteiger partial charge in [0.2, 0.25) is 5.91 Å². The zero-order chi connectivity index (χ0) is 14.5. The molecule has 6 nitrogen and oxygen atoms in total. The van der Waals surface area contributed by atoms with E-state index in [2.05, 4.69) is 15.5 Å². The van der Waals surface area contributed by atoms with Crippen molar-refractivity contribution in [3.05, 3.63) is 40.3 Å². The van der Waals surface area contributed by atoms with Crippen LogP contribution in [0.2, 0.25) is 0 Å². The Hall–Kier alpha value is -1.92. The fourth-order valence-corrected chi connectivity index (χ4v) is 1.94. The van der Waals surface area contributed by atoms with E-state index in [1.54, 1.807) is 18.2 Å². The number of benzene rings is 1. The van der Waals surface area contributed by atoms with E-state index in [1.807, 2.05) is 25.1 Å². The Balaban J connectivity index is 0.00000220. The zero-order valence-electron chi connectivity index (χ0n) is 12.0. The number of rotatable bonds is 5. The molecule has 0 radical (unpaired) electrons. The number of carbonyl (C=O) groups excluding carboxylic acids is 1. The monoisotopic (exact) mass is 310 g/mol. The lowest BCUT2D eigenvalue weighted by Crippen LogP contribution is -2.32. The molecule has 1 heterocycles. The minimum atomic E-state index is -0.239. The molecule has 0 aliphatic rings. The molecule has 114 valence electrons. The van der Waals surface area contributed by atoms with E-state index >= 15 is 0 Å². The van der Waals surface area contributed by atoms with Crippen molar-refractivity contribution in [3.8, 4) is 0 Å². The summed E-state index contributed by atoms with van der Waals surface area (Å²) in [6.07, 6.45) is 0.157. The SMILES string of the molecule is CN(C)CCNC(=O)Cc1n[nH]c(=O)c2ccccc12.Cl. The van der Waals surface area contributed by atoms with Crippen molar-refractivity contribution in [1.29, 1.82) is 0 Å². The van der Waals surface area contributed by atoms with Gasteiger partial charge in [-0.25, -0.2) is 5.10 Å². The number of hydrogen-bond acceptors (Lipinski definition) is 4. The van der Waals surface area contributed by atoms with E-state index in [0.29, 0.717) is 17.6 Å². The highest BCUT2D eigenvalue weighted by Gasteiger charge is 2.10. The van der Waals surface area contributed by atoms with Crippen LogP contribution in [0.5, 0.6) is 0 Å². The van der Waals surface area contributed by atoms with Crippen LogP contribution in [0.25, 0.3) is 10.8 Å². The number of nitrogens with one attached hydrogen (secondary N) is 2. The first kappa shape index (κ1) is 17.1. The Kier molecular flexibility index (Phi) is 6.33. The van der Waals surface area contributed by atoms with Crippen molar-refractivity contribution in [3.63, 3.8) is 0 Å². The molecule has 0 saturated carbocycles. The smallest absolute Gasteiger partial charge is 0.272 e. The standard InChI is InChI=1S/C14H18N4O2.ClH/c1-18(2)8-7-15-13(19)9-12-10-5-3-4-6-11(10)14(20)17-16-12;/h3-6H,7-9H2,1-2H3,(H,15,19)(H,17,20);1H. The normalized spacial score (nSPS) is 10.4. The van der Waals surface area contributed by atoms with Gasteiger partial charge in [0.05, 0.1) is 17.5 Å². The molecule has 1 aromatic heterocycles. The van der Waals surface area contributed by atoms with Crippen molar-refractivity contribution in [2.45, 2.75) is 6.42 Å². The second kappa shape index (κ2) is 7.75. The van der Waals surface area contributed by atoms with Crippen LogP contribution in [-0.4, -0.2) is 48.2 Å². The van der Waals surface area contributed by atoms with Gasteiger partial charge in [0, 0.05) is 18.5 Å². The molecule has 1 amide bonds. The summed E-state index contributed by atoms with van der Waals surface area (Å²) >= 11 is 0. The summed E-state index contributed by atoms with van der Waals surface area (Å²) in [7, 11) is 3.90. The highest BCUT2D eigenvalue weighted by Crippen LogP contribution is 2.12. The topological polar surface area (TPSA) is 78.1 Å². The molecule has 21 heavy (non-hydrogen) atoms. The van der Waals surface area contributed by atoms with Crippen LogP contribution < -0.4 is 10.9 Å². The summed E-state index contributed by atoms with van der Waals surface area (Å²) in [5, 5.41) is 10.5. The van der Waals surface area contributed by atoms with Crippen LogP contribution in [0.4, 0.5) is 0 Å². The first-order valence-electron chi connectivity index (χ1n) is 6.45. The fraction of sp³-hybridized carbons (Fsp3) is 0.357. The van der Waals surface area contributed by atoms with Crippen molar-refractivity contribution < 1.29 is 4.79 Å². The molecule has 0 spiro atoms. The van der Waals surface area contributed by atoms with Crippen LogP contribution in [0.15, 0.2) is 29.1 Å². The highest BCUT2D eigenvalue weighted by atomic mass is 35.5. The van der Waals surface area contributed by atoms with Crippen molar-refractivity contribution in [2.24, 2.45) is 0 Å². The van der Waals surface area contributed by atoms with Gasteiger partial charge in [-0.15, -0.1) is 12.4 Å². The average molecular weight is 311 g/mol. The van der Waals surface area contributed by atoms with E-state index < -0.39 is 0 Å². The quantitative estimate of drug-likeness (QED) is 0.846. The third kappa shape index (κ3) is 4.54. The van der Waals surface area contributed by atoms with E-state index in [9.17, 15) is 9.59 Å². The third-order valence-corrected chi connectivity index (χ3v) is 2.98. The molecule has 0 unspecified atom stereocenters. The maximum atomic E-state index is 11.9. The molecule has 2 aromatic rings. The Labute approximate surface area is 128 Å². The predicted octanol–water partition coefficient (Wildman–Crippen LogP) is 0.565. The van der Waals surface area contributed by atoms with E-state index in [4.69, 9.17) is 0 Å². The molecular weight excluding hydrogens is 292 g/mol. The number of likely N-dealkylation sites (N-methyl/N-ethyl adjacent to an activating group) is 1. The van der Waals surface area contributed by atoms with Crippen LogP contribution in [-0.2, 0) is 11.2 Å². The van der Waals surface area contributed by atoms with Crippen LogP contribution in [0.3, 0.4) is 0 Å². The van der Waals surface area contributed by atoms with Gasteiger partial charge in [0.25, 0.3) is 5.56 Å². The summed E-state index contributed by atoms with van der Waals surface area (Å²) in [6.45, 7) is 1.37. The predicted molar refractivity (Wildman–Crippen MR) is 84.9 cm³/mol. The highest BCUT2D eigenvalue weighted by molar-refractivity contribution is 5.88. The lowest BCUT2D eigenvalue weighted by molar-refractivity contribution is -0.120. The number of fused-ring (bicyclic) bond motifs is 1. The minimum absolute atomic E-state index is 0.